The molecule has 0 spiro atoms. The van der Waals surface area contributed by atoms with Crippen molar-refractivity contribution in [3.05, 3.63) is 29.8 Å². The lowest BCUT2D eigenvalue weighted by molar-refractivity contribution is 0.489. The van der Waals surface area contributed by atoms with E-state index in [1.165, 1.54) is 17.1 Å². The van der Waals surface area contributed by atoms with Gasteiger partial charge < -0.3 is 0 Å². The highest BCUT2D eigenvalue weighted by molar-refractivity contribution is 9.09. The van der Waals surface area contributed by atoms with Gasteiger partial charge >= 0.3 is 0 Å². The lowest BCUT2D eigenvalue weighted by atomic mass is 9.90. The van der Waals surface area contributed by atoms with Crippen molar-refractivity contribution in [1.29, 1.82) is 0 Å². The van der Waals surface area contributed by atoms with Gasteiger partial charge in [-0.1, -0.05) is 48.0 Å². The van der Waals surface area contributed by atoms with Crippen molar-refractivity contribution in [2.24, 2.45) is 5.92 Å². The number of fused-ring (bicyclic) bond motifs is 1. The summed E-state index contributed by atoms with van der Waals surface area (Å²) in [7, 11) is 0. The summed E-state index contributed by atoms with van der Waals surface area (Å²) in [6.45, 7) is 4.59. The second kappa shape index (κ2) is 4.92. The summed E-state index contributed by atoms with van der Waals surface area (Å²) in [5, 5.41) is 0. The Kier molecular flexibility index (Phi) is 3.78. The van der Waals surface area contributed by atoms with E-state index >= 15 is 0 Å². The summed E-state index contributed by atoms with van der Waals surface area (Å²) in [6.07, 6.45) is 1.30. The van der Waals surface area contributed by atoms with Gasteiger partial charge in [-0.3, -0.25) is 0 Å². The molecule has 0 aliphatic carbocycles. The van der Waals surface area contributed by atoms with E-state index in [2.05, 4.69) is 54.0 Å². The van der Waals surface area contributed by atoms with Gasteiger partial charge in [-0.25, -0.2) is 0 Å². The van der Waals surface area contributed by atoms with Crippen LogP contribution < -0.4 is 0 Å². The summed E-state index contributed by atoms with van der Waals surface area (Å²) in [5.41, 5.74) is 1.57. The van der Waals surface area contributed by atoms with Crippen LogP contribution in [-0.4, -0.2) is 10.6 Å². The average Bonchev–Trinajstić information content (AvgIpc) is 2.62. The third-order valence-corrected chi connectivity index (χ3v) is 5.39. The number of halogens is 1. The van der Waals surface area contributed by atoms with Crippen LogP contribution in [0.5, 0.6) is 0 Å². The smallest absolute Gasteiger partial charge is 0.0143 e. The Hall–Kier alpha value is 0.0500. The largest absolute Gasteiger partial charge is 0.125 e. The van der Waals surface area contributed by atoms with Crippen molar-refractivity contribution in [1.82, 2.24) is 0 Å². The maximum Gasteiger partial charge on any atom is 0.0143 e. The first-order valence-corrected chi connectivity index (χ1v) is 7.44. The third kappa shape index (κ3) is 2.59. The number of hydrogen-bond donors (Lipinski definition) is 0. The Labute approximate surface area is 105 Å². The first kappa shape index (κ1) is 11.5. The molecule has 0 aromatic heterocycles. The van der Waals surface area contributed by atoms with Crippen LogP contribution in [0.3, 0.4) is 0 Å². The fourth-order valence-electron chi connectivity index (χ4n) is 2.06. The quantitative estimate of drug-likeness (QED) is 0.726. The van der Waals surface area contributed by atoms with Gasteiger partial charge in [0.2, 0.25) is 0 Å². The molecular weight excluding hydrogens is 268 g/mol. The predicted octanol–water partition coefficient (Wildman–Crippen LogP) is 4.69. The molecule has 0 fully saturated rings. The molecule has 1 aromatic carbocycles. The van der Waals surface area contributed by atoms with Crippen molar-refractivity contribution in [3.63, 3.8) is 0 Å². The molecule has 0 N–H and O–H groups in total. The predicted molar refractivity (Wildman–Crippen MR) is 72.1 cm³/mol. The zero-order valence-corrected chi connectivity index (χ0v) is 11.6. The first-order chi connectivity index (χ1) is 7.18. The minimum absolute atomic E-state index is 0.621. The summed E-state index contributed by atoms with van der Waals surface area (Å²) in [5.74, 6) is 2.78. The molecule has 0 bridgehead atoms. The summed E-state index contributed by atoms with van der Waals surface area (Å²) < 4.78 is 0. The minimum Gasteiger partial charge on any atom is -0.125 e. The molecule has 1 aliphatic heterocycles. The van der Waals surface area contributed by atoms with Gasteiger partial charge in [-0.15, -0.1) is 11.8 Å². The number of benzene rings is 1. The van der Waals surface area contributed by atoms with E-state index in [0.717, 1.165) is 11.8 Å². The van der Waals surface area contributed by atoms with Crippen molar-refractivity contribution in [3.8, 4) is 0 Å². The van der Waals surface area contributed by atoms with Crippen LogP contribution in [0.25, 0.3) is 0 Å². The van der Waals surface area contributed by atoms with E-state index in [4.69, 9.17) is 0 Å². The van der Waals surface area contributed by atoms with Crippen molar-refractivity contribution >= 4 is 27.7 Å². The molecular formula is C13H17BrS. The average molecular weight is 285 g/mol. The highest BCUT2D eigenvalue weighted by Gasteiger charge is 2.25. The number of hydrogen-bond acceptors (Lipinski definition) is 1. The third-order valence-electron chi connectivity index (χ3n) is 3.24. The van der Waals surface area contributed by atoms with Crippen LogP contribution in [0.2, 0.25) is 0 Å². The Bertz CT molecular complexity index is 335. The zero-order chi connectivity index (χ0) is 10.8. The Morgan fingerprint density at radius 3 is 2.87 bits per heavy atom. The maximum absolute atomic E-state index is 3.68. The zero-order valence-electron chi connectivity index (χ0n) is 9.24. The summed E-state index contributed by atoms with van der Waals surface area (Å²) in [4.78, 5) is 2.12. The standard InChI is InChI=1S/C13H17BrS/c1-9(10(2)14)7-11-8-15-13-6-4-3-5-12(11)13/h3-6,9-11H,7-8H2,1-2H3. The maximum atomic E-state index is 3.68. The molecule has 82 valence electrons. The van der Waals surface area contributed by atoms with Crippen molar-refractivity contribution < 1.29 is 0 Å². The minimum atomic E-state index is 0.621. The first-order valence-electron chi connectivity index (χ1n) is 5.54. The molecule has 1 heterocycles. The van der Waals surface area contributed by atoms with E-state index in [-0.39, 0.29) is 0 Å². The van der Waals surface area contributed by atoms with Crippen LogP contribution in [0.15, 0.2) is 29.2 Å². The summed E-state index contributed by atoms with van der Waals surface area (Å²) >= 11 is 5.69. The van der Waals surface area contributed by atoms with Crippen LogP contribution in [0.1, 0.15) is 31.7 Å². The molecule has 2 rings (SSSR count). The SMILES string of the molecule is CC(Br)C(C)CC1CSc2ccccc21. The molecule has 3 atom stereocenters. The highest BCUT2D eigenvalue weighted by atomic mass is 79.9. The molecule has 0 saturated carbocycles. The van der Waals surface area contributed by atoms with Gasteiger partial charge in [0.1, 0.15) is 0 Å². The van der Waals surface area contributed by atoms with Gasteiger partial charge in [0.25, 0.3) is 0 Å². The molecule has 0 radical (unpaired) electrons. The van der Waals surface area contributed by atoms with E-state index in [1.54, 1.807) is 5.56 Å². The van der Waals surface area contributed by atoms with Crippen molar-refractivity contribution in [2.75, 3.05) is 5.75 Å². The molecule has 1 aliphatic rings. The molecule has 0 saturated heterocycles. The van der Waals surface area contributed by atoms with Crippen LogP contribution in [0.4, 0.5) is 0 Å². The second-order valence-corrected chi connectivity index (χ2v) is 6.94. The molecule has 2 heteroatoms. The van der Waals surface area contributed by atoms with Crippen LogP contribution in [-0.2, 0) is 0 Å². The highest BCUT2D eigenvalue weighted by Crippen LogP contribution is 2.42. The van der Waals surface area contributed by atoms with Crippen molar-refractivity contribution in [2.45, 2.75) is 35.9 Å². The number of thioether (sulfide) groups is 1. The van der Waals surface area contributed by atoms with Gasteiger partial charge in [0.05, 0.1) is 0 Å². The molecule has 15 heavy (non-hydrogen) atoms. The van der Waals surface area contributed by atoms with Gasteiger partial charge in [-0.05, 0) is 29.9 Å². The number of rotatable bonds is 3. The van der Waals surface area contributed by atoms with Crippen LogP contribution in [0, 0.1) is 5.92 Å². The van der Waals surface area contributed by atoms with E-state index in [1.807, 2.05) is 11.8 Å². The fraction of sp³-hybridized carbons (Fsp3) is 0.538. The monoisotopic (exact) mass is 284 g/mol. The Morgan fingerprint density at radius 1 is 1.40 bits per heavy atom. The normalized spacial score (nSPS) is 23.5. The lowest BCUT2D eigenvalue weighted by Gasteiger charge is -2.18. The van der Waals surface area contributed by atoms with E-state index in [9.17, 15) is 0 Å². The fourth-order valence-corrected chi connectivity index (χ4v) is 3.55. The van der Waals surface area contributed by atoms with Gasteiger partial charge in [-0.2, -0.15) is 0 Å². The Balaban J connectivity index is 2.08. The molecule has 1 aromatic rings. The van der Waals surface area contributed by atoms with E-state index in [0.29, 0.717) is 4.83 Å². The topological polar surface area (TPSA) is 0 Å². The summed E-state index contributed by atoms with van der Waals surface area (Å²) in [6, 6.07) is 8.86. The van der Waals surface area contributed by atoms with Crippen LogP contribution >= 0.6 is 27.7 Å². The second-order valence-electron chi connectivity index (χ2n) is 4.44. The number of alkyl halides is 1. The molecule has 3 unspecified atom stereocenters. The molecule has 0 amide bonds. The lowest BCUT2D eigenvalue weighted by Crippen LogP contribution is -2.11. The van der Waals surface area contributed by atoms with E-state index < -0.39 is 0 Å². The Morgan fingerprint density at radius 2 is 2.13 bits per heavy atom. The van der Waals surface area contributed by atoms with Gasteiger partial charge in [0, 0.05) is 15.5 Å². The molecule has 0 nitrogen and oxygen atoms in total. The van der Waals surface area contributed by atoms with Gasteiger partial charge in [0.15, 0.2) is 0 Å².